The lowest BCUT2D eigenvalue weighted by Crippen LogP contribution is -2.18. The predicted molar refractivity (Wildman–Crippen MR) is 93.8 cm³/mol. The van der Waals surface area contributed by atoms with Crippen LogP contribution < -0.4 is 10.9 Å². The highest BCUT2D eigenvalue weighted by Gasteiger charge is 2.13. The Labute approximate surface area is 137 Å². The zero-order chi connectivity index (χ0) is 17.0. The second-order valence-electron chi connectivity index (χ2n) is 6.86. The lowest BCUT2D eigenvalue weighted by Gasteiger charge is -2.19. The average molecular weight is 312 g/mol. The van der Waals surface area contributed by atoms with Gasteiger partial charge in [-0.15, -0.1) is 0 Å². The van der Waals surface area contributed by atoms with Crippen molar-refractivity contribution in [1.82, 2.24) is 4.57 Å². The Morgan fingerprint density at radius 1 is 1.09 bits per heavy atom. The number of hydrogen-bond acceptors (Lipinski definition) is 2. The number of amides is 1. The quantitative estimate of drug-likeness (QED) is 0.942. The average Bonchev–Trinajstić information content (AvgIpc) is 2.48. The van der Waals surface area contributed by atoms with E-state index in [0.717, 1.165) is 5.56 Å². The van der Waals surface area contributed by atoms with Crippen molar-refractivity contribution in [3.63, 3.8) is 0 Å². The number of rotatable bonds is 4. The van der Waals surface area contributed by atoms with Gasteiger partial charge in [0.25, 0.3) is 0 Å². The highest BCUT2D eigenvalue weighted by Crippen LogP contribution is 2.22. The van der Waals surface area contributed by atoms with Crippen LogP contribution in [0.15, 0.2) is 47.4 Å². The van der Waals surface area contributed by atoms with Crippen LogP contribution in [0.5, 0.6) is 0 Å². The first kappa shape index (κ1) is 17.0. The molecule has 0 unspecified atom stereocenters. The van der Waals surface area contributed by atoms with E-state index in [9.17, 15) is 9.59 Å². The number of pyridine rings is 1. The number of aryl methyl sites for hydroxylation is 2. The predicted octanol–water partition coefficient (Wildman–Crippen LogP) is 3.25. The first-order valence-electron chi connectivity index (χ1n) is 7.82. The smallest absolute Gasteiger partial charge is 0.250 e. The molecule has 23 heavy (non-hydrogen) atoms. The normalized spacial score (nSPS) is 11.3. The van der Waals surface area contributed by atoms with Crippen molar-refractivity contribution in [3.05, 3.63) is 64.1 Å². The number of hydrogen-bond donors (Lipinski definition) is 1. The summed E-state index contributed by atoms with van der Waals surface area (Å²) >= 11 is 0. The largest absolute Gasteiger partial charge is 0.325 e. The van der Waals surface area contributed by atoms with Crippen LogP contribution >= 0.6 is 0 Å². The molecule has 0 spiro atoms. The van der Waals surface area contributed by atoms with Gasteiger partial charge in [-0.05, 0) is 29.0 Å². The summed E-state index contributed by atoms with van der Waals surface area (Å²) in [6.45, 7) is 6.55. The molecular weight excluding hydrogens is 288 g/mol. The van der Waals surface area contributed by atoms with Crippen molar-refractivity contribution in [2.45, 2.75) is 39.0 Å². The van der Waals surface area contributed by atoms with Crippen molar-refractivity contribution in [2.75, 3.05) is 5.32 Å². The second-order valence-corrected chi connectivity index (χ2v) is 6.86. The molecule has 4 heteroatoms. The molecule has 122 valence electrons. The van der Waals surface area contributed by atoms with E-state index in [2.05, 4.69) is 50.4 Å². The van der Waals surface area contributed by atoms with Crippen LogP contribution in [0, 0.1) is 0 Å². The molecule has 0 atom stereocenters. The van der Waals surface area contributed by atoms with Crippen LogP contribution in [0.1, 0.15) is 38.3 Å². The Morgan fingerprint density at radius 3 is 2.30 bits per heavy atom. The third-order valence-corrected chi connectivity index (χ3v) is 3.83. The Morgan fingerprint density at radius 2 is 1.74 bits per heavy atom. The maximum atomic E-state index is 12.0. The molecule has 0 bridgehead atoms. The van der Waals surface area contributed by atoms with Crippen molar-refractivity contribution in [2.24, 2.45) is 7.05 Å². The SMILES string of the molecule is Cn1cc(NC(=O)CCc2ccc(C(C)(C)C)cc2)ccc1=O. The monoisotopic (exact) mass is 312 g/mol. The van der Waals surface area contributed by atoms with Gasteiger partial charge in [0, 0.05) is 25.7 Å². The Balaban J connectivity index is 1.91. The Kier molecular flexibility index (Phi) is 5.04. The van der Waals surface area contributed by atoms with E-state index in [1.54, 1.807) is 19.3 Å². The van der Waals surface area contributed by atoms with Gasteiger partial charge in [0.15, 0.2) is 0 Å². The number of carbonyl (C=O) groups excluding carboxylic acids is 1. The summed E-state index contributed by atoms with van der Waals surface area (Å²) < 4.78 is 1.45. The molecule has 1 heterocycles. The third kappa shape index (κ3) is 4.81. The Hall–Kier alpha value is -2.36. The van der Waals surface area contributed by atoms with E-state index in [1.165, 1.54) is 16.2 Å². The number of benzene rings is 1. The molecule has 0 aliphatic carbocycles. The Bertz CT molecular complexity index is 737. The van der Waals surface area contributed by atoms with Crippen molar-refractivity contribution < 1.29 is 4.79 Å². The summed E-state index contributed by atoms with van der Waals surface area (Å²) in [6, 6.07) is 11.5. The van der Waals surface area contributed by atoms with Gasteiger partial charge >= 0.3 is 0 Å². The van der Waals surface area contributed by atoms with Crippen LogP contribution in [0.4, 0.5) is 5.69 Å². The van der Waals surface area contributed by atoms with Crippen LogP contribution in [0.2, 0.25) is 0 Å². The van der Waals surface area contributed by atoms with Crippen LogP contribution in [0.3, 0.4) is 0 Å². The number of aromatic nitrogens is 1. The molecule has 1 aromatic heterocycles. The van der Waals surface area contributed by atoms with Gasteiger partial charge in [0.1, 0.15) is 0 Å². The van der Waals surface area contributed by atoms with Crippen molar-refractivity contribution >= 4 is 11.6 Å². The molecule has 4 nitrogen and oxygen atoms in total. The fourth-order valence-corrected chi connectivity index (χ4v) is 2.32. The number of nitrogens with one attached hydrogen (secondary N) is 1. The van der Waals surface area contributed by atoms with Gasteiger partial charge in [0.2, 0.25) is 11.5 Å². The molecule has 1 N–H and O–H groups in total. The maximum Gasteiger partial charge on any atom is 0.250 e. The second kappa shape index (κ2) is 6.82. The van der Waals surface area contributed by atoms with Gasteiger partial charge in [-0.3, -0.25) is 9.59 Å². The van der Waals surface area contributed by atoms with Gasteiger partial charge in [-0.2, -0.15) is 0 Å². The number of nitrogens with zero attached hydrogens (tertiary/aromatic N) is 1. The highest BCUT2D eigenvalue weighted by atomic mass is 16.1. The molecule has 2 rings (SSSR count). The topological polar surface area (TPSA) is 51.1 Å². The molecule has 0 saturated heterocycles. The van der Waals surface area contributed by atoms with Gasteiger partial charge in [-0.25, -0.2) is 0 Å². The van der Waals surface area contributed by atoms with Crippen molar-refractivity contribution in [1.29, 1.82) is 0 Å². The minimum absolute atomic E-state index is 0.0523. The number of carbonyl (C=O) groups is 1. The molecule has 2 aromatic rings. The minimum atomic E-state index is -0.0954. The zero-order valence-corrected chi connectivity index (χ0v) is 14.2. The molecular formula is C19H24N2O2. The zero-order valence-electron chi connectivity index (χ0n) is 14.2. The standard InChI is InChI=1S/C19H24N2O2/c1-19(2,3)15-8-5-14(6-9-15)7-11-17(22)20-16-10-12-18(23)21(4)13-16/h5-6,8-10,12-13H,7,11H2,1-4H3,(H,20,22). The summed E-state index contributed by atoms with van der Waals surface area (Å²) in [7, 11) is 1.66. The fourth-order valence-electron chi connectivity index (χ4n) is 2.32. The molecule has 0 aliphatic heterocycles. The van der Waals surface area contributed by atoms with Crippen LogP contribution in [-0.4, -0.2) is 10.5 Å². The van der Waals surface area contributed by atoms with Gasteiger partial charge < -0.3 is 9.88 Å². The fraction of sp³-hybridized carbons (Fsp3) is 0.368. The molecule has 0 saturated carbocycles. The maximum absolute atomic E-state index is 12.0. The van der Waals surface area contributed by atoms with Crippen molar-refractivity contribution in [3.8, 4) is 0 Å². The van der Waals surface area contributed by atoms with E-state index in [-0.39, 0.29) is 16.9 Å². The summed E-state index contributed by atoms with van der Waals surface area (Å²) in [5.74, 6) is -0.0523. The summed E-state index contributed by atoms with van der Waals surface area (Å²) in [4.78, 5) is 23.3. The lowest BCUT2D eigenvalue weighted by molar-refractivity contribution is -0.116. The molecule has 1 aromatic carbocycles. The van der Waals surface area contributed by atoms with E-state index in [0.29, 0.717) is 18.5 Å². The lowest BCUT2D eigenvalue weighted by atomic mass is 9.86. The van der Waals surface area contributed by atoms with E-state index >= 15 is 0 Å². The first-order chi connectivity index (χ1) is 10.8. The summed E-state index contributed by atoms with van der Waals surface area (Å²) in [5.41, 5.74) is 3.12. The van der Waals surface area contributed by atoms with Crippen LogP contribution in [0.25, 0.3) is 0 Å². The van der Waals surface area contributed by atoms with E-state index in [4.69, 9.17) is 0 Å². The molecule has 1 amide bonds. The van der Waals surface area contributed by atoms with E-state index < -0.39 is 0 Å². The first-order valence-corrected chi connectivity index (χ1v) is 7.82. The summed E-state index contributed by atoms with van der Waals surface area (Å²) in [5, 5.41) is 2.82. The molecule has 0 radical (unpaired) electrons. The molecule has 0 fully saturated rings. The van der Waals surface area contributed by atoms with Crippen LogP contribution in [-0.2, 0) is 23.7 Å². The van der Waals surface area contributed by atoms with Gasteiger partial charge in [0.05, 0.1) is 5.69 Å². The third-order valence-electron chi connectivity index (χ3n) is 3.83. The van der Waals surface area contributed by atoms with Gasteiger partial charge in [-0.1, -0.05) is 45.0 Å². The number of anilines is 1. The van der Waals surface area contributed by atoms with E-state index in [1.807, 2.05) is 0 Å². The summed E-state index contributed by atoms with van der Waals surface area (Å²) in [6.07, 6.45) is 2.73. The highest BCUT2D eigenvalue weighted by molar-refractivity contribution is 5.90. The molecule has 0 aliphatic rings. The minimum Gasteiger partial charge on any atom is -0.325 e.